The number of nitrogens with two attached hydrogens (primary N) is 1. The van der Waals surface area contributed by atoms with Crippen molar-refractivity contribution in [1.29, 1.82) is 0 Å². The lowest BCUT2D eigenvalue weighted by Gasteiger charge is -2.10. The van der Waals surface area contributed by atoms with Crippen LogP contribution in [0.15, 0.2) is 35.2 Å². The molecule has 0 saturated carbocycles. The summed E-state index contributed by atoms with van der Waals surface area (Å²) in [5.74, 6) is 0.699. The van der Waals surface area contributed by atoms with E-state index in [9.17, 15) is 8.42 Å². The summed E-state index contributed by atoms with van der Waals surface area (Å²) in [6.07, 6.45) is 3.38. The molecule has 1 aromatic carbocycles. The number of ether oxygens (including phenoxy) is 1. The van der Waals surface area contributed by atoms with Gasteiger partial charge in [-0.05, 0) is 37.6 Å². The Morgan fingerprint density at radius 3 is 2.68 bits per heavy atom. The van der Waals surface area contributed by atoms with Crippen molar-refractivity contribution in [3.8, 4) is 5.75 Å². The number of benzene rings is 1. The summed E-state index contributed by atoms with van der Waals surface area (Å²) in [5.41, 5.74) is 6.07. The van der Waals surface area contributed by atoms with E-state index in [0.29, 0.717) is 18.9 Å². The lowest BCUT2D eigenvalue weighted by molar-refractivity contribution is 0.337. The Morgan fingerprint density at radius 2 is 2.11 bits per heavy atom. The Labute approximate surface area is 114 Å². The number of sulfonamides is 1. The van der Waals surface area contributed by atoms with E-state index in [-0.39, 0.29) is 11.4 Å². The van der Waals surface area contributed by atoms with Crippen LogP contribution < -0.4 is 15.2 Å². The van der Waals surface area contributed by atoms with E-state index in [2.05, 4.69) is 4.72 Å². The molecular weight excluding hydrogens is 264 g/mol. The molecule has 19 heavy (non-hydrogen) atoms. The van der Waals surface area contributed by atoms with Crippen LogP contribution in [-0.4, -0.2) is 28.1 Å². The van der Waals surface area contributed by atoms with E-state index >= 15 is 0 Å². The molecule has 6 heteroatoms. The fourth-order valence-corrected chi connectivity index (χ4v) is 2.59. The molecule has 0 saturated heterocycles. The van der Waals surface area contributed by atoms with Crippen molar-refractivity contribution >= 4 is 10.0 Å². The van der Waals surface area contributed by atoms with Gasteiger partial charge < -0.3 is 10.5 Å². The SMILES string of the molecule is CCOc1ccc(S(=O)(=O)NC/C=C/CN)cc1C. The highest BCUT2D eigenvalue weighted by Crippen LogP contribution is 2.21. The monoisotopic (exact) mass is 284 g/mol. The fourth-order valence-electron chi connectivity index (χ4n) is 1.53. The topological polar surface area (TPSA) is 81.4 Å². The van der Waals surface area contributed by atoms with Crippen LogP contribution in [0.25, 0.3) is 0 Å². The fraction of sp³-hybridized carbons (Fsp3) is 0.385. The van der Waals surface area contributed by atoms with Gasteiger partial charge in [0.15, 0.2) is 0 Å². The smallest absolute Gasteiger partial charge is 0.240 e. The minimum atomic E-state index is -3.49. The molecule has 0 aromatic heterocycles. The van der Waals surface area contributed by atoms with E-state index in [1.165, 1.54) is 6.07 Å². The molecule has 0 atom stereocenters. The highest BCUT2D eigenvalue weighted by molar-refractivity contribution is 7.89. The first kappa shape index (κ1) is 15.7. The standard InChI is InChI=1S/C13H20N2O3S/c1-3-18-13-7-6-12(10-11(13)2)19(16,17)15-9-5-4-8-14/h4-7,10,15H,3,8-9,14H2,1-2H3/b5-4+. The molecule has 0 radical (unpaired) electrons. The van der Waals surface area contributed by atoms with E-state index in [1.807, 2.05) is 13.8 Å². The summed E-state index contributed by atoms with van der Waals surface area (Å²) in [5, 5.41) is 0. The molecule has 0 amide bonds. The number of aryl methyl sites for hydroxylation is 1. The average Bonchev–Trinajstić information content (AvgIpc) is 2.37. The van der Waals surface area contributed by atoms with Gasteiger partial charge in [-0.3, -0.25) is 0 Å². The molecule has 0 aliphatic rings. The second-order valence-corrected chi connectivity index (χ2v) is 5.69. The largest absolute Gasteiger partial charge is 0.494 e. The third kappa shape index (κ3) is 4.66. The molecule has 106 valence electrons. The van der Waals surface area contributed by atoms with Crippen LogP contribution in [0.1, 0.15) is 12.5 Å². The van der Waals surface area contributed by atoms with Crippen LogP contribution in [0.2, 0.25) is 0 Å². The number of hydrogen-bond acceptors (Lipinski definition) is 4. The first-order valence-electron chi connectivity index (χ1n) is 6.09. The maximum absolute atomic E-state index is 12.0. The second kappa shape index (κ2) is 7.28. The minimum absolute atomic E-state index is 0.228. The Bertz CT molecular complexity index is 539. The zero-order chi connectivity index (χ0) is 14.3. The van der Waals surface area contributed by atoms with Gasteiger partial charge in [0.1, 0.15) is 5.75 Å². The van der Waals surface area contributed by atoms with Gasteiger partial charge in [-0.2, -0.15) is 0 Å². The van der Waals surface area contributed by atoms with Crippen molar-refractivity contribution in [1.82, 2.24) is 4.72 Å². The summed E-state index contributed by atoms with van der Waals surface area (Å²) in [6.45, 7) is 4.87. The molecule has 0 fully saturated rings. The maximum atomic E-state index is 12.0. The van der Waals surface area contributed by atoms with Crippen molar-refractivity contribution in [3.05, 3.63) is 35.9 Å². The predicted molar refractivity (Wildman–Crippen MR) is 75.7 cm³/mol. The molecule has 0 heterocycles. The summed E-state index contributed by atoms with van der Waals surface area (Å²) in [4.78, 5) is 0.231. The van der Waals surface area contributed by atoms with Crippen LogP contribution >= 0.6 is 0 Å². The van der Waals surface area contributed by atoms with Crippen molar-refractivity contribution in [2.45, 2.75) is 18.7 Å². The van der Waals surface area contributed by atoms with E-state index in [0.717, 1.165) is 5.56 Å². The van der Waals surface area contributed by atoms with Crippen molar-refractivity contribution in [2.24, 2.45) is 5.73 Å². The van der Waals surface area contributed by atoms with Crippen LogP contribution in [0.5, 0.6) is 5.75 Å². The van der Waals surface area contributed by atoms with Crippen molar-refractivity contribution in [2.75, 3.05) is 19.7 Å². The predicted octanol–water partition coefficient (Wildman–Crippen LogP) is 1.19. The lowest BCUT2D eigenvalue weighted by Crippen LogP contribution is -2.24. The third-order valence-corrected chi connectivity index (χ3v) is 3.87. The zero-order valence-corrected chi connectivity index (χ0v) is 12.0. The quantitative estimate of drug-likeness (QED) is 0.737. The van der Waals surface area contributed by atoms with Crippen LogP contribution in [0, 0.1) is 6.92 Å². The summed E-state index contributed by atoms with van der Waals surface area (Å²) in [6, 6.07) is 4.80. The second-order valence-electron chi connectivity index (χ2n) is 3.92. The maximum Gasteiger partial charge on any atom is 0.240 e. The summed E-state index contributed by atoms with van der Waals surface area (Å²) < 4.78 is 31.9. The van der Waals surface area contributed by atoms with Crippen LogP contribution in [0.3, 0.4) is 0 Å². The molecule has 0 aliphatic heterocycles. The van der Waals surface area contributed by atoms with Gasteiger partial charge in [0, 0.05) is 13.1 Å². The minimum Gasteiger partial charge on any atom is -0.494 e. The molecule has 0 aliphatic carbocycles. The van der Waals surface area contributed by atoms with E-state index in [4.69, 9.17) is 10.5 Å². The van der Waals surface area contributed by atoms with Gasteiger partial charge in [0.05, 0.1) is 11.5 Å². The van der Waals surface area contributed by atoms with E-state index < -0.39 is 10.0 Å². The molecule has 3 N–H and O–H groups in total. The van der Waals surface area contributed by atoms with Gasteiger partial charge in [0.25, 0.3) is 0 Å². The Morgan fingerprint density at radius 1 is 1.37 bits per heavy atom. The van der Waals surface area contributed by atoms with Gasteiger partial charge in [-0.25, -0.2) is 13.1 Å². The first-order chi connectivity index (χ1) is 9.01. The lowest BCUT2D eigenvalue weighted by atomic mass is 10.2. The molecule has 5 nitrogen and oxygen atoms in total. The van der Waals surface area contributed by atoms with Gasteiger partial charge in [-0.15, -0.1) is 0 Å². The van der Waals surface area contributed by atoms with Gasteiger partial charge >= 0.3 is 0 Å². The molecule has 1 rings (SSSR count). The van der Waals surface area contributed by atoms with Crippen LogP contribution in [-0.2, 0) is 10.0 Å². The summed E-state index contributed by atoms with van der Waals surface area (Å²) in [7, 11) is -3.49. The summed E-state index contributed by atoms with van der Waals surface area (Å²) >= 11 is 0. The number of nitrogens with one attached hydrogen (secondary N) is 1. The van der Waals surface area contributed by atoms with Gasteiger partial charge in [-0.1, -0.05) is 12.2 Å². The highest BCUT2D eigenvalue weighted by Gasteiger charge is 2.14. The Kier molecular flexibility index (Phi) is 6.01. The van der Waals surface area contributed by atoms with Crippen LogP contribution in [0.4, 0.5) is 0 Å². The first-order valence-corrected chi connectivity index (χ1v) is 7.57. The Balaban J connectivity index is 2.84. The number of rotatable bonds is 7. The number of hydrogen-bond donors (Lipinski definition) is 2. The van der Waals surface area contributed by atoms with Gasteiger partial charge in [0.2, 0.25) is 10.0 Å². The molecule has 0 bridgehead atoms. The van der Waals surface area contributed by atoms with Crippen molar-refractivity contribution in [3.63, 3.8) is 0 Å². The van der Waals surface area contributed by atoms with Crippen molar-refractivity contribution < 1.29 is 13.2 Å². The zero-order valence-electron chi connectivity index (χ0n) is 11.2. The normalized spacial score (nSPS) is 11.9. The molecule has 0 spiro atoms. The highest BCUT2D eigenvalue weighted by atomic mass is 32.2. The third-order valence-electron chi connectivity index (χ3n) is 2.45. The average molecular weight is 284 g/mol. The molecule has 0 unspecified atom stereocenters. The molecule has 1 aromatic rings. The Hall–Kier alpha value is -1.37. The molecular formula is C13H20N2O3S. The van der Waals surface area contributed by atoms with E-state index in [1.54, 1.807) is 24.3 Å².